The van der Waals surface area contributed by atoms with Gasteiger partial charge >= 0.3 is 0 Å². The summed E-state index contributed by atoms with van der Waals surface area (Å²) in [5.74, 6) is 1.23. The van der Waals surface area contributed by atoms with Crippen molar-refractivity contribution in [2.24, 2.45) is 5.92 Å². The van der Waals surface area contributed by atoms with Crippen LogP contribution in [0.15, 0.2) is 42.5 Å². The molecule has 2 aromatic rings. The van der Waals surface area contributed by atoms with Crippen LogP contribution in [0.25, 0.3) is 0 Å². The summed E-state index contributed by atoms with van der Waals surface area (Å²) in [5, 5.41) is 10.8. The molecule has 0 amide bonds. The van der Waals surface area contributed by atoms with Gasteiger partial charge in [0.25, 0.3) is 0 Å². The van der Waals surface area contributed by atoms with Crippen LogP contribution in [0.2, 0.25) is 5.02 Å². The molecule has 2 aliphatic rings. The fraction of sp³-hybridized carbons (Fsp3) is 0.368. The van der Waals surface area contributed by atoms with E-state index in [9.17, 15) is 5.11 Å². The molecule has 1 aliphatic heterocycles. The van der Waals surface area contributed by atoms with E-state index in [-0.39, 0.29) is 0 Å². The van der Waals surface area contributed by atoms with E-state index >= 15 is 0 Å². The van der Waals surface area contributed by atoms with E-state index in [1.54, 1.807) is 6.07 Å². The van der Waals surface area contributed by atoms with Gasteiger partial charge in [0.15, 0.2) is 0 Å². The van der Waals surface area contributed by atoms with Crippen LogP contribution in [0.1, 0.15) is 41.5 Å². The maximum Gasteiger partial charge on any atom is 0.115 e. The molecule has 2 aromatic carbocycles. The average Bonchev–Trinajstić information content (AvgIpc) is 2.82. The molecule has 0 radical (unpaired) electrons. The molecule has 4 rings (SSSR count). The van der Waals surface area contributed by atoms with Crippen LogP contribution < -0.4 is 0 Å². The van der Waals surface area contributed by atoms with Crippen LogP contribution in [-0.4, -0.2) is 23.6 Å². The van der Waals surface area contributed by atoms with Gasteiger partial charge in [0.2, 0.25) is 0 Å². The monoisotopic (exact) mass is 313 g/mol. The molecule has 3 heteroatoms. The summed E-state index contributed by atoms with van der Waals surface area (Å²) >= 11 is 6.51. The normalized spacial score (nSPS) is 27.5. The fourth-order valence-electron chi connectivity index (χ4n) is 4.47. The lowest BCUT2D eigenvalue weighted by atomic mass is 9.80. The minimum atomic E-state index is 0.331. The zero-order valence-electron chi connectivity index (χ0n) is 12.7. The molecule has 1 N–H and O–H groups in total. The summed E-state index contributed by atoms with van der Waals surface area (Å²) in [5.41, 5.74) is 3.82. The molecule has 1 heterocycles. The molecule has 2 nitrogen and oxygen atoms in total. The Morgan fingerprint density at radius 1 is 1.09 bits per heavy atom. The fourth-order valence-corrected chi connectivity index (χ4v) is 4.73. The van der Waals surface area contributed by atoms with Gasteiger partial charge in [0, 0.05) is 17.0 Å². The molecule has 0 spiro atoms. The summed E-state index contributed by atoms with van der Waals surface area (Å²) < 4.78 is 0. The van der Waals surface area contributed by atoms with E-state index in [0.717, 1.165) is 11.6 Å². The van der Waals surface area contributed by atoms with Gasteiger partial charge in [-0.1, -0.05) is 35.9 Å². The van der Waals surface area contributed by atoms with E-state index in [2.05, 4.69) is 30.1 Å². The van der Waals surface area contributed by atoms with Crippen molar-refractivity contribution in [1.29, 1.82) is 0 Å². The molecule has 114 valence electrons. The van der Waals surface area contributed by atoms with Crippen molar-refractivity contribution in [3.05, 3.63) is 64.2 Å². The Morgan fingerprint density at radius 2 is 1.91 bits per heavy atom. The van der Waals surface area contributed by atoms with Gasteiger partial charge in [0.1, 0.15) is 5.75 Å². The van der Waals surface area contributed by atoms with E-state index in [1.165, 1.54) is 29.5 Å². The minimum Gasteiger partial charge on any atom is -0.508 e. The Morgan fingerprint density at radius 3 is 2.73 bits per heavy atom. The lowest BCUT2D eigenvalue weighted by Crippen LogP contribution is -2.34. The number of likely N-dealkylation sites (tertiary alicyclic amines) is 1. The topological polar surface area (TPSA) is 23.5 Å². The zero-order valence-corrected chi connectivity index (χ0v) is 13.4. The van der Waals surface area contributed by atoms with Gasteiger partial charge in [0.05, 0.1) is 0 Å². The third-order valence-corrected chi connectivity index (χ3v) is 5.67. The predicted octanol–water partition coefficient (Wildman–Crippen LogP) is 4.57. The lowest BCUT2D eigenvalue weighted by Gasteiger charge is -2.37. The summed E-state index contributed by atoms with van der Waals surface area (Å²) in [4.78, 5) is 2.43. The van der Waals surface area contributed by atoms with Crippen molar-refractivity contribution < 1.29 is 5.11 Å². The second-order valence-electron chi connectivity index (χ2n) is 6.54. The number of fused-ring (bicyclic) bond motifs is 3. The second-order valence-corrected chi connectivity index (χ2v) is 6.95. The first-order valence-corrected chi connectivity index (χ1v) is 8.32. The zero-order chi connectivity index (χ0) is 15.3. The van der Waals surface area contributed by atoms with Crippen LogP contribution in [-0.2, 0) is 0 Å². The van der Waals surface area contributed by atoms with Crippen LogP contribution >= 0.6 is 11.6 Å². The van der Waals surface area contributed by atoms with Gasteiger partial charge in [-0.05, 0) is 67.2 Å². The van der Waals surface area contributed by atoms with Crippen LogP contribution in [0.5, 0.6) is 5.75 Å². The lowest BCUT2D eigenvalue weighted by molar-refractivity contribution is 0.127. The van der Waals surface area contributed by atoms with Crippen molar-refractivity contribution in [3.63, 3.8) is 0 Å². The largest absolute Gasteiger partial charge is 0.508 e. The third-order valence-electron chi connectivity index (χ3n) is 5.32. The number of piperidine rings is 1. The van der Waals surface area contributed by atoms with Crippen molar-refractivity contribution in [2.75, 3.05) is 13.6 Å². The standard InChI is InChI=1S/C19H20ClNO/c1-21-10-4-6-15-18(14-5-2-3-7-17(14)20)13-9-8-12(22)11-16(13)19(15)21/h2-3,5,7-9,11,15,18-19,22H,4,6,10H2,1H3. The Kier molecular flexibility index (Phi) is 3.39. The molecule has 3 atom stereocenters. The van der Waals surface area contributed by atoms with Crippen molar-refractivity contribution in [2.45, 2.75) is 24.8 Å². The van der Waals surface area contributed by atoms with E-state index < -0.39 is 0 Å². The number of hydrogen-bond donors (Lipinski definition) is 1. The number of rotatable bonds is 1. The van der Waals surface area contributed by atoms with Gasteiger partial charge in [-0.25, -0.2) is 0 Å². The van der Waals surface area contributed by atoms with Gasteiger partial charge in [-0.3, -0.25) is 4.90 Å². The summed E-state index contributed by atoms with van der Waals surface area (Å²) in [6.45, 7) is 1.12. The molecule has 22 heavy (non-hydrogen) atoms. The quantitative estimate of drug-likeness (QED) is 0.833. The summed E-state index contributed by atoms with van der Waals surface area (Å²) in [6, 6.07) is 14.4. The third kappa shape index (κ3) is 2.05. The second kappa shape index (κ2) is 5.29. The van der Waals surface area contributed by atoms with E-state index in [0.29, 0.717) is 23.6 Å². The van der Waals surface area contributed by atoms with Crippen molar-refractivity contribution in [3.8, 4) is 5.75 Å². The summed E-state index contributed by atoms with van der Waals surface area (Å²) in [6.07, 6.45) is 2.43. The highest BCUT2D eigenvalue weighted by Crippen LogP contribution is 2.55. The van der Waals surface area contributed by atoms with Gasteiger partial charge < -0.3 is 5.11 Å². The highest BCUT2D eigenvalue weighted by atomic mass is 35.5. The minimum absolute atomic E-state index is 0.331. The predicted molar refractivity (Wildman–Crippen MR) is 89.5 cm³/mol. The number of benzene rings is 2. The number of phenolic OH excluding ortho intramolecular Hbond substituents is 1. The number of halogens is 1. The Hall–Kier alpha value is -1.51. The highest BCUT2D eigenvalue weighted by Gasteiger charge is 2.45. The van der Waals surface area contributed by atoms with E-state index in [4.69, 9.17) is 11.6 Å². The summed E-state index contributed by atoms with van der Waals surface area (Å²) in [7, 11) is 2.19. The average molecular weight is 314 g/mol. The molecule has 1 aliphatic carbocycles. The Labute approximate surface area is 136 Å². The molecule has 3 unspecified atom stereocenters. The van der Waals surface area contributed by atoms with Crippen molar-refractivity contribution >= 4 is 11.6 Å². The molecule has 1 fully saturated rings. The van der Waals surface area contributed by atoms with Crippen LogP contribution in [0, 0.1) is 5.92 Å². The number of aromatic hydroxyl groups is 1. The SMILES string of the molecule is CN1CCCC2C(c3ccccc3Cl)c3ccc(O)cc3C21. The molecule has 0 aromatic heterocycles. The molecular weight excluding hydrogens is 294 g/mol. The Bertz CT molecular complexity index is 714. The first-order valence-electron chi connectivity index (χ1n) is 7.94. The van der Waals surface area contributed by atoms with Gasteiger partial charge in [-0.15, -0.1) is 0 Å². The highest BCUT2D eigenvalue weighted by molar-refractivity contribution is 6.31. The van der Waals surface area contributed by atoms with Crippen LogP contribution in [0.3, 0.4) is 0 Å². The van der Waals surface area contributed by atoms with Gasteiger partial charge in [-0.2, -0.15) is 0 Å². The maximum absolute atomic E-state index is 9.94. The maximum atomic E-state index is 9.94. The molecule has 1 saturated heterocycles. The first kappa shape index (κ1) is 14.1. The number of nitrogens with zero attached hydrogens (tertiary/aromatic N) is 1. The van der Waals surface area contributed by atoms with Crippen molar-refractivity contribution in [1.82, 2.24) is 4.90 Å². The Balaban J connectivity index is 1.90. The molecule has 0 bridgehead atoms. The smallest absolute Gasteiger partial charge is 0.115 e. The molecular formula is C19H20ClNO. The number of phenols is 1. The molecule has 0 saturated carbocycles. The van der Waals surface area contributed by atoms with Crippen LogP contribution in [0.4, 0.5) is 0 Å². The number of hydrogen-bond acceptors (Lipinski definition) is 2. The van der Waals surface area contributed by atoms with E-state index in [1.807, 2.05) is 18.2 Å². The first-order chi connectivity index (χ1) is 10.7.